The van der Waals surface area contributed by atoms with Crippen LogP contribution in [0.15, 0.2) is 41.4 Å². The van der Waals surface area contributed by atoms with E-state index in [2.05, 4.69) is 28.5 Å². The molecule has 2 aromatic rings. The first-order chi connectivity index (χ1) is 17.5. The number of piperidine rings is 1. The first kappa shape index (κ1) is 25.8. The summed E-state index contributed by atoms with van der Waals surface area (Å²) in [5.74, 6) is 0.388. The van der Waals surface area contributed by atoms with Gasteiger partial charge in [-0.25, -0.2) is 9.71 Å². The topological polar surface area (TPSA) is 112 Å². The van der Waals surface area contributed by atoms with E-state index in [4.69, 9.17) is 4.74 Å². The standard InChI is InChI=1S/C27H36N4O5S/c1-19-7-8-21(30-15-12-26(2,3)13-16-30)22(17-19)36-27(10-11-27)25(33)29-37(34,35)24-6-4-5-23(28-24)31-14-9-20(32)18-31/h4-8,17,20,32H,9-16,18H2,1-3H3,(H,29,33)/t20-/m0/s1. The van der Waals surface area contributed by atoms with Gasteiger partial charge in [0.05, 0.1) is 11.8 Å². The predicted molar refractivity (Wildman–Crippen MR) is 141 cm³/mol. The average Bonchev–Trinajstić information content (AvgIpc) is 3.50. The fraction of sp³-hybridized carbons (Fsp3) is 0.556. The molecule has 1 atom stereocenters. The van der Waals surface area contributed by atoms with Crippen LogP contribution in [0, 0.1) is 12.3 Å². The molecule has 3 aliphatic rings. The summed E-state index contributed by atoms with van der Waals surface area (Å²) in [4.78, 5) is 21.6. The Morgan fingerprint density at radius 1 is 1.08 bits per heavy atom. The maximum atomic E-state index is 13.3. The number of aliphatic hydroxyl groups excluding tert-OH is 1. The van der Waals surface area contributed by atoms with Crippen molar-refractivity contribution in [2.75, 3.05) is 36.0 Å². The molecule has 37 heavy (non-hydrogen) atoms. The number of aryl methyl sites for hydroxylation is 1. The molecule has 1 aromatic heterocycles. The zero-order valence-corrected chi connectivity index (χ0v) is 22.6. The van der Waals surface area contributed by atoms with Crippen molar-refractivity contribution in [2.45, 2.75) is 69.6 Å². The Labute approximate surface area is 218 Å². The molecule has 9 nitrogen and oxygen atoms in total. The number of pyridine rings is 1. The number of anilines is 2. The van der Waals surface area contributed by atoms with Crippen LogP contribution in [0.5, 0.6) is 5.75 Å². The number of ether oxygens (including phenoxy) is 1. The summed E-state index contributed by atoms with van der Waals surface area (Å²) in [5, 5.41) is 9.57. The van der Waals surface area contributed by atoms with Crippen LogP contribution in [0.2, 0.25) is 0 Å². The molecular formula is C27H36N4O5S. The minimum atomic E-state index is -4.20. The summed E-state index contributed by atoms with van der Waals surface area (Å²) in [6, 6.07) is 10.6. The van der Waals surface area contributed by atoms with E-state index in [9.17, 15) is 18.3 Å². The zero-order valence-electron chi connectivity index (χ0n) is 21.7. The van der Waals surface area contributed by atoms with E-state index in [0.29, 0.717) is 49.3 Å². The fourth-order valence-corrected chi connectivity index (χ4v) is 5.97. The summed E-state index contributed by atoms with van der Waals surface area (Å²) < 4.78 is 34.7. The van der Waals surface area contributed by atoms with Crippen LogP contribution in [0.3, 0.4) is 0 Å². The molecule has 5 rings (SSSR count). The van der Waals surface area contributed by atoms with Crippen LogP contribution in [0.4, 0.5) is 11.5 Å². The Balaban J connectivity index is 1.32. The Hall–Kier alpha value is -2.85. The Kier molecular flexibility index (Phi) is 6.60. The van der Waals surface area contributed by atoms with Crippen molar-refractivity contribution in [3.05, 3.63) is 42.0 Å². The van der Waals surface area contributed by atoms with Crippen LogP contribution in [-0.2, 0) is 14.8 Å². The number of rotatable bonds is 7. The van der Waals surface area contributed by atoms with Gasteiger partial charge in [0.15, 0.2) is 10.6 Å². The van der Waals surface area contributed by atoms with E-state index >= 15 is 0 Å². The van der Waals surface area contributed by atoms with Gasteiger partial charge in [0, 0.05) is 39.0 Å². The van der Waals surface area contributed by atoms with E-state index in [-0.39, 0.29) is 5.03 Å². The highest BCUT2D eigenvalue weighted by Gasteiger charge is 2.54. The van der Waals surface area contributed by atoms with Crippen molar-refractivity contribution in [3.63, 3.8) is 0 Å². The molecule has 0 spiro atoms. The number of aromatic nitrogens is 1. The smallest absolute Gasteiger partial charge is 0.281 e. The molecule has 0 bridgehead atoms. The normalized spacial score (nSPS) is 22.5. The van der Waals surface area contributed by atoms with Gasteiger partial charge in [-0.2, -0.15) is 8.42 Å². The summed E-state index contributed by atoms with van der Waals surface area (Å²) >= 11 is 0. The number of amides is 1. The number of nitrogens with zero attached hydrogens (tertiary/aromatic N) is 3. The molecule has 2 N–H and O–H groups in total. The van der Waals surface area contributed by atoms with Gasteiger partial charge in [0.1, 0.15) is 11.6 Å². The van der Waals surface area contributed by atoms with Crippen molar-refractivity contribution >= 4 is 27.4 Å². The van der Waals surface area contributed by atoms with Gasteiger partial charge in [-0.1, -0.05) is 26.0 Å². The van der Waals surface area contributed by atoms with E-state index < -0.39 is 27.6 Å². The summed E-state index contributed by atoms with van der Waals surface area (Å²) in [6.07, 6.45) is 3.14. The monoisotopic (exact) mass is 528 g/mol. The quantitative estimate of drug-likeness (QED) is 0.564. The van der Waals surface area contributed by atoms with Crippen LogP contribution >= 0.6 is 0 Å². The molecule has 3 fully saturated rings. The van der Waals surface area contributed by atoms with Crippen LogP contribution in [0.1, 0.15) is 51.5 Å². The highest BCUT2D eigenvalue weighted by Crippen LogP contribution is 2.45. The average molecular weight is 529 g/mol. The number of hydrogen-bond acceptors (Lipinski definition) is 8. The van der Waals surface area contributed by atoms with Gasteiger partial charge >= 0.3 is 0 Å². The van der Waals surface area contributed by atoms with Crippen LogP contribution in [-0.4, -0.2) is 62.3 Å². The minimum absolute atomic E-state index is 0.234. The second-order valence-electron chi connectivity index (χ2n) is 11.4. The van der Waals surface area contributed by atoms with Gasteiger partial charge in [-0.3, -0.25) is 4.79 Å². The van der Waals surface area contributed by atoms with E-state index in [1.54, 1.807) is 12.1 Å². The van der Waals surface area contributed by atoms with Gasteiger partial charge in [-0.05, 0) is 61.4 Å². The molecule has 1 saturated carbocycles. The molecule has 2 saturated heterocycles. The third-order valence-electron chi connectivity index (χ3n) is 7.69. The van der Waals surface area contributed by atoms with Crippen molar-refractivity contribution in [2.24, 2.45) is 5.41 Å². The molecule has 2 aliphatic heterocycles. The number of carbonyl (C=O) groups is 1. The van der Waals surface area contributed by atoms with E-state index in [1.165, 1.54) is 6.07 Å². The second-order valence-corrected chi connectivity index (χ2v) is 13.0. The lowest BCUT2D eigenvalue weighted by Crippen LogP contribution is -2.44. The van der Waals surface area contributed by atoms with Gasteiger partial charge in [0.2, 0.25) is 0 Å². The number of hydrogen-bond donors (Lipinski definition) is 2. The number of benzene rings is 1. The van der Waals surface area contributed by atoms with Crippen molar-refractivity contribution < 1.29 is 23.1 Å². The molecule has 0 radical (unpaired) electrons. The zero-order chi connectivity index (χ0) is 26.4. The van der Waals surface area contributed by atoms with E-state index in [0.717, 1.165) is 37.2 Å². The lowest BCUT2D eigenvalue weighted by atomic mass is 9.82. The van der Waals surface area contributed by atoms with E-state index in [1.807, 2.05) is 30.0 Å². The number of aliphatic hydroxyl groups is 1. The molecule has 3 heterocycles. The maximum absolute atomic E-state index is 13.3. The minimum Gasteiger partial charge on any atom is -0.475 e. The van der Waals surface area contributed by atoms with Crippen molar-refractivity contribution in [3.8, 4) is 5.75 Å². The number of carbonyl (C=O) groups excluding carboxylic acids is 1. The lowest BCUT2D eigenvalue weighted by Gasteiger charge is -2.39. The first-order valence-corrected chi connectivity index (χ1v) is 14.5. The predicted octanol–water partition coefficient (Wildman–Crippen LogP) is 3.00. The SMILES string of the molecule is Cc1ccc(N2CCC(C)(C)CC2)c(OC2(C(=O)NS(=O)(=O)c3cccc(N4CC[C@H](O)C4)n3)CC2)c1. The second kappa shape index (κ2) is 9.47. The Morgan fingerprint density at radius 3 is 2.46 bits per heavy atom. The largest absolute Gasteiger partial charge is 0.475 e. The lowest BCUT2D eigenvalue weighted by molar-refractivity contribution is -0.127. The number of sulfonamides is 1. The molecular weight excluding hydrogens is 492 g/mol. The third-order valence-corrected chi connectivity index (χ3v) is 8.93. The highest BCUT2D eigenvalue weighted by atomic mass is 32.2. The highest BCUT2D eigenvalue weighted by molar-refractivity contribution is 7.90. The molecule has 200 valence electrons. The molecule has 0 unspecified atom stereocenters. The van der Waals surface area contributed by atoms with Crippen LogP contribution in [0.25, 0.3) is 0 Å². The van der Waals surface area contributed by atoms with Gasteiger partial charge in [-0.15, -0.1) is 0 Å². The molecule has 10 heteroatoms. The maximum Gasteiger partial charge on any atom is 0.281 e. The molecule has 1 amide bonds. The number of β-amino-alcohol motifs (C(OH)–C–C–N with tert-alkyl or cyclic N) is 1. The Bertz CT molecular complexity index is 1280. The van der Waals surface area contributed by atoms with Gasteiger partial charge in [0.25, 0.3) is 15.9 Å². The summed E-state index contributed by atoms with van der Waals surface area (Å²) in [6.45, 7) is 9.31. The molecule has 1 aromatic carbocycles. The number of nitrogens with one attached hydrogen (secondary N) is 1. The van der Waals surface area contributed by atoms with Crippen molar-refractivity contribution in [1.82, 2.24) is 9.71 Å². The first-order valence-electron chi connectivity index (χ1n) is 13.0. The van der Waals surface area contributed by atoms with Gasteiger partial charge < -0.3 is 19.6 Å². The fourth-order valence-electron chi connectivity index (χ4n) is 4.96. The third kappa shape index (κ3) is 5.55. The Morgan fingerprint density at radius 2 is 1.81 bits per heavy atom. The summed E-state index contributed by atoms with van der Waals surface area (Å²) in [7, 11) is -4.20. The summed E-state index contributed by atoms with van der Waals surface area (Å²) in [5.41, 5.74) is 1.02. The van der Waals surface area contributed by atoms with Crippen LogP contribution < -0.4 is 19.3 Å². The molecule has 1 aliphatic carbocycles. The van der Waals surface area contributed by atoms with Crippen molar-refractivity contribution in [1.29, 1.82) is 0 Å².